The van der Waals surface area contributed by atoms with E-state index in [4.69, 9.17) is 14.5 Å². The topological polar surface area (TPSA) is 56.0 Å². The lowest BCUT2D eigenvalue weighted by Gasteiger charge is -2.37. The highest BCUT2D eigenvalue weighted by Gasteiger charge is 2.40. The summed E-state index contributed by atoms with van der Waals surface area (Å²) in [4.78, 5) is 4.71. The molecule has 0 spiro atoms. The molecular formula is C22H26N2O3. The number of aryl methyl sites for hydroxylation is 2. The molecule has 0 saturated heterocycles. The Morgan fingerprint density at radius 1 is 1.19 bits per heavy atom. The Labute approximate surface area is 159 Å². The van der Waals surface area contributed by atoms with E-state index in [1.165, 1.54) is 0 Å². The second kappa shape index (κ2) is 7.33. The molecule has 0 saturated carbocycles. The molecule has 0 radical (unpaired) electrons. The molecule has 5 nitrogen and oxygen atoms in total. The van der Waals surface area contributed by atoms with Crippen LogP contribution in [0.25, 0.3) is 5.65 Å². The van der Waals surface area contributed by atoms with Gasteiger partial charge in [0.2, 0.25) is 0 Å². The molecular weight excluding hydrogens is 340 g/mol. The molecule has 1 aromatic carbocycles. The minimum Gasteiger partial charge on any atom is -0.479 e. The van der Waals surface area contributed by atoms with Gasteiger partial charge >= 0.3 is 0 Å². The number of hydrogen-bond acceptors (Lipinski definition) is 4. The first-order chi connectivity index (χ1) is 13.1. The molecule has 0 aliphatic carbocycles. The maximum atomic E-state index is 11.1. The van der Waals surface area contributed by atoms with Crippen LogP contribution >= 0.6 is 0 Å². The zero-order valence-corrected chi connectivity index (χ0v) is 16.1. The molecule has 2 aromatic heterocycles. The van der Waals surface area contributed by atoms with E-state index in [0.717, 1.165) is 41.0 Å². The third kappa shape index (κ3) is 3.11. The minimum absolute atomic E-state index is 0.437. The van der Waals surface area contributed by atoms with Gasteiger partial charge in [0.25, 0.3) is 0 Å². The van der Waals surface area contributed by atoms with Crippen molar-refractivity contribution in [3.8, 4) is 5.75 Å². The number of aromatic nitrogens is 2. The maximum absolute atomic E-state index is 11.1. The van der Waals surface area contributed by atoms with Crippen molar-refractivity contribution >= 4 is 5.65 Å². The predicted octanol–water partition coefficient (Wildman–Crippen LogP) is 4.30. The summed E-state index contributed by atoms with van der Waals surface area (Å²) in [5.41, 5.74) is 4.63. The molecule has 1 N–H and O–H groups in total. The van der Waals surface area contributed by atoms with Crippen LogP contribution in [0.15, 0.2) is 42.6 Å². The van der Waals surface area contributed by atoms with Crippen LogP contribution in [0.2, 0.25) is 0 Å². The van der Waals surface area contributed by atoms with Gasteiger partial charge in [0.05, 0.1) is 5.69 Å². The largest absolute Gasteiger partial charge is 0.479 e. The van der Waals surface area contributed by atoms with Crippen LogP contribution in [-0.4, -0.2) is 27.2 Å². The average molecular weight is 366 g/mol. The van der Waals surface area contributed by atoms with Crippen LogP contribution in [0, 0.1) is 13.8 Å². The summed E-state index contributed by atoms with van der Waals surface area (Å²) in [6.45, 7) is 6.78. The number of nitrogens with zero attached hydrogens (tertiary/aromatic N) is 2. The predicted molar refractivity (Wildman–Crippen MR) is 104 cm³/mol. The van der Waals surface area contributed by atoms with E-state index in [-0.39, 0.29) is 0 Å². The van der Waals surface area contributed by atoms with E-state index in [9.17, 15) is 5.11 Å². The lowest BCUT2D eigenvalue weighted by molar-refractivity contribution is -0.102. The second-order valence-corrected chi connectivity index (χ2v) is 7.16. The lowest BCUT2D eigenvalue weighted by atomic mass is 9.92. The van der Waals surface area contributed by atoms with Crippen LogP contribution in [-0.2, 0) is 4.74 Å². The molecule has 1 aliphatic heterocycles. The summed E-state index contributed by atoms with van der Waals surface area (Å²) in [5.74, 6) is 0.703. The van der Waals surface area contributed by atoms with E-state index in [2.05, 4.69) is 6.92 Å². The highest BCUT2D eigenvalue weighted by molar-refractivity contribution is 5.62. The van der Waals surface area contributed by atoms with E-state index in [1.54, 1.807) is 0 Å². The number of pyridine rings is 1. The van der Waals surface area contributed by atoms with E-state index >= 15 is 0 Å². The van der Waals surface area contributed by atoms with Gasteiger partial charge < -0.3 is 19.0 Å². The normalized spacial score (nSPS) is 21.9. The number of hydrogen-bond donors (Lipinski definition) is 1. The molecule has 1 aliphatic rings. The molecule has 27 heavy (non-hydrogen) atoms. The van der Waals surface area contributed by atoms with Gasteiger partial charge in [-0.05, 0) is 31.9 Å². The van der Waals surface area contributed by atoms with Gasteiger partial charge in [0, 0.05) is 24.1 Å². The summed E-state index contributed by atoms with van der Waals surface area (Å²) in [6, 6.07) is 11.8. The van der Waals surface area contributed by atoms with Crippen molar-refractivity contribution in [1.29, 1.82) is 0 Å². The molecule has 5 heteroatoms. The molecule has 0 amide bonds. The molecule has 3 aromatic rings. The fourth-order valence-corrected chi connectivity index (χ4v) is 3.66. The summed E-state index contributed by atoms with van der Waals surface area (Å²) in [5, 5.41) is 11.1. The van der Waals surface area contributed by atoms with Gasteiger partial charge in [-0.15, -0.1) is 0 Å². The van der Waals surface area contributed by atoms with E-state index < -0.39 is 18.3 Å². The number of fused-ring (bicyclic) bond motifs is 3. The first kappa shape index (κ1) is 18.0. The summed E-state index contributed by atoms with van der Waals surface area (Å²) in [7, 11) is 0. The lowest BCUT2D eigenvalue weighted by Crippen LogP contribution is -2.36. The molecule has 0 bridgehead atoms. The van der Waals surface area contributed by atoms with Gasteiger partial charge in [0.15, 0.2) is 17.5 Å². The number of imidazole rings is 1. The highest BCUT2D eigenvalue weighted by atomic mass is 16.5. The van der Waals surface area contributed by atoms with Crippen molar-refractivity contribution < 1.29 is 14.6 Å². The average Bonchev–Trinajstić information content (AvgIpc) is 2.98. The zero-order chi connectivity index (χ0) is 19.0. The van der Waals surface area contributed by atoms with Crippen LogP contribution in [0.5, 0.6) is 5.75 Å². The first-order valence-electron chi connectivity index (χ1n) is 9.61. The molecule has 3 atom stereocenters. The molecule has 3 heterocycles. The van der Waals surface area contributed by atoms with Crippen molar-refractivity contribution in [3.05, 3.63) is 65.1 Å². The fraction of sp³-hybridized carbons (Fsp3) is 0.409. The first-order valence-corrected chi connectivity index (χ1v) is 9.61. The number of ether oxygens (including phenoxy) is 2. The Morgan fingerprint density at radius 2 is 1.96 bits per heavy atom. The Morgan fingerprint density at radius 3 is 2.70 bits per heavy atom. The minimum atomic E-state index is -0.781. The van der Waals surface area contributed by atoms with Gasteiger partial charge in [-0.3, -0.25) is 0 Å². The van der Waals surface area contributed by atoms with Gasteiger partial charge in [-0.2, -0.15) is 0 Å². The SMILES string of the molecule is CCCCO[C@H]1c2ccn3c(C)c(C)nc3c2O[C@H](c2ccccc2)[C@@H]1O. The second-order valence-electron chi connectivity index (χ2n) is 7.16. The van der Waals surface area contributed by atoms with Crippen molar-refractivity contribution in [3.63, 3.8) is 0 Å². The Kier molecular flexibility index (Phi) is 4.89. The number of rotatable bonds is 5. The number of unbranched alkanes of at least 4 members (excludes halogenated alkanes) is 1. The van der Waals surface area contributed by atoms with E-state index in [0.29, 0.717) is 12.4 Å². The van der Waals surface area contributed by atoms with Gasteiger partial charge in [-0.1, -0.05) is 43.7 Å². The van der Waals surface area contributed by atoms with Crippen molar-refractivity contribution in [1.82, 2.24) is 9.38 Å². The van der Waals surface area contributed by atoms with Crippen LogP contribution in [0.3, 0.4) is 0 Å². The highest BCUT2D eigenvalue weighted by Crippen LogP contribution is 2.45. The number of aliphatic hydroxyl groups excluding tert-OH is 1. The third-order valence-electron chi connectivity index (χ3n) is 5.35. The Balaban J connectivity index is 1.82. The van der Waals surface area contributed by atoms with Gasteiger partial charge in [0.1, 0.15) is 12.2 Å². The Bertz CT molecular complexity index is 936. The standard InChI is InChI=1S/C22H26N2O3/c1-4-5-13-26-20-17-11-12-24-15(3)14(2)23-22(24)21(17)27-19(18(20)25)16-9-7-6-8-10-16/h6-12,18-20,25H,4-5,13H2,1-3H3/t18-,19+,20-/m0/s1. The van der Waals surface area contributed by atoms with Crippen molar-refractivity contribution in [2.24, 2.45) is 0 Å². The summed E-state index contributed by atoms with van der Waals surface area (Å²) in [6.07, 6.45) is 2.28. The molecule has 142 valence electrons. The monoisotopic (exact) mass is 366 g/mol. The smallest absolute Gasteiger partial charge is 0.180 e. The maximum Gasteiger partial charge on any atom is 0.180 e. The van der Waals surface area contributed by atoms with Crippen LogP contribution < -0.4 is 4.74 Å². The molecule has 0 fully saturated rings. The molecule has 4 rings (SSSR count). The number of benzene rings is 1. The fourth-order valence-electron chi connectivity index (χ4n) is 3.66. The molecule has 0 unspecified atom stereocenters. The van der Waals surface area contributed by atoms with Crippen molar-refractivity contribution in [2.75, 3.05) is 6.61 Å². The van der Waals surface area contributed by atoms with E-state index in [1.807, 2.05) is 60.8 Å². The Hall–Kier alpha value is -2.37. The van der Waals surface area contributed by atoms with Crippen LogP contribution in [0.1, 0.15) is 54.5 Å². The van der Waals surface area contributed by atoms with Crippen LogP contribution in [0.4, 0.5) is 0 Å². The zero-order valence-electron chi connectivity index (χ0n) is 16.1. The number of aliphatic hydroxyl groups is 1. The van der Waals surface area contributed by atoms with Gasteiger partial charge in [-0.25, -0.2) is 4.98 Å². The summed E-state index contributed by atoms with van der Waals surface area (Å²) >= 11 is 0. The van der Waals surface area contributed by atoms with Crippen molar-refractivity contribution in [2.45, 2.75) is 51.9 Å². The summed E-state index contributed by atoms with van der Waals surface area (Å²) < 4.78 is 14.5. The third-order valence-corrected chi connectivity index (χ3v) is 5.35. The quantitative estimate of drug-likeness (QED) is 0.684.